The van der Waals surface area contributed by atoms with Crippen LogP contribution in [0, 0.1) is 0 Å². The van der Waals surface area contributed by atoms with E-state index in [1.54, 1.807) is 5.56 Å². The Labute approximate surface area is 239 Å². The molecular weight excluding hydrogens is 472 g/mol. The fraction of sp³-hybridized carbons (Fsp3) is 0.568. The maximum atomic E-state index is 2.82. The first-order chi connectivity index (χ1) is 19.2. The molecule has 0 atom stereocenters. The lowest BCUT2D eigenvalue weighted by molar-refractivity contribution is 0.625. The Morgan fingerprint density at radius 3 is 1.67 bits per heavy atom. The third-order valence-electron chi connectivity index (χ3n) is 8.70. The molecule has 0 bridgehead atoms. The number of fused-ring (bicyclic) bond motifs is 5. The predicted molar refractivity (Wildman–Crippen MR) is 175 cm³/mol. The van der Waals surface area contributed by atoms with Gasteiger partial charge >= 0.3 is 0 Å². The molecule has 0 aliphatic heterocycles. The molecule has 1 aliphatic rings. The van der Waals surface area contributed by atoms with E-state index in [9.17, 15) is 0 Å². The molecule has 0 fully saturated rings. The van der Waals surface area contributed by atoms with Gasteiger partial charge in [0.2, 0.25) is 0 Å². The lowest BCUT2D eigenvalue weighted by atomic mass is 9.95. The highest BCUT2D eigenvalue weighted by Gasteiger charge is 2.26. The molecule has 0 amide bonds. The van der Waals surface area contributed by atoms with E-state index in [1.807, 2.05) is 0 Å². The zero-order valence-corrected chi connectivity index (χ0v) is 25.5. The summed E-state index contributed by atoms with van der Waals surface area (Å²) < 4.78 is 0. The molecule has 2 nitrogen and oxygen atoms in total. The Morgan fingerprint density at radius 2 is 1.08 bits per heavy atom. The minimum absolute atomic E-state index is 1.06. The second-order valence-electron chi connectivity index (χ2n) is 11.8. The molecule has 0 heterocycles. The van der Waals surface area contributed by atoms with Crippen LogP contribution in [-0.4, -0.2) is 26.2 Å². The predicted octanol–water partition coefficient (Wildman–Crippen LogP) is 10.8. The number of hydrogen-bond donors (Lipinski definition) is 0. The van der Waals surface area contributed by atoms with Crippen LogP contribution in [0.1, 0.15) is 116 Å². The van der Waals surface area contributed by atoms with Gasteiger partial charge in [-0.25, -0.2) is 0 Å². The average molecular weight is 527 g/mol. The molecule has 2 heteroatoms. The van der Waals surface area contributed by atoms with E-state index in [1.165, 1.54) is 129 Å². The maximum absolute atomic E-state index is 2.82. The van der Waals surface area contributed by atoms with Gasteiger partial charge < -0.3 is 9.80 Å². The smallest absolute Gasteiger partial charge is 0.0686 e. The molecule has 3 aromatic carbocycles. The van der Waals surface area contributed by atoms with Crippen molar-refractivity contribution in [3.8, 4) is 11.1 Å². The van der Waals surface area contributed by atoms with Gasteiger partial charge in [-0.15, -0.1) is 0 Å². The third kappa shape index (κ3) is 7.19. The number of benzene rings is 3. The summed E-state index contributed by atoms with van der Waals surface area (Å²) in [6, 6.07) is 18.8. The van der Waals surface area contributed by atoms with Crippen molar-refractivity contribution in [3.63, 3.8) is 0 Å². The largest absolute Gasteiger partial charge is 0.370 e. The van der Waals surface area contributed by atoms with Crippen LogP contribution in [0.25, 0.3) is 21.9 Å². The van der Waals surface area contributed by atoms with Gasteiger partial charge in [0.15, 0.2) is 0 Å². The number of rotatable bonds is 18. The van der Waals surface area contributed by atoms with Gasteiger partial charge in [0.1, 0.15) is 0 Å². The first-order valence-electron chi connectivity index (χ1n) is 16.4. The van der Waals surface area contributed by atoms with Crippen molar-refractivity contribution < 1.29 is 0 Å². The van der Waals surface area contributed by atoms with Gasteiger partial charge in [-0.2, -0.15) is 0 Å². The number of nitrogens with zero attached hydrogens (tertiary/aromatic N) is 2. The van der Waals surface area contributed by atoms with Crippen molar-refractivity contribution in [1.29, 1.82) is 0 Å². The Hall–Kier alpha value is -2.48. The third-order valence-corrected chi connectivity index (χ3v) is 8.70. The molecule has 0 saturated heterocycles. The van der Waals surface area contributed by atoms with Gasteiger partial charge in [-0.1, -0.05) is 122 Å². The van der Waals surface area contributed by atoms with Crippen molar-refractivity contribution >= 4 is 22.1 Å². The van der Waals surface area contributed by atoms with Crippen LogP contribution < -0.4 is 9.80 Å². The highest BCUT2D eigenvalue weighted by atomic mass is 15.2. The van der Waals surface area contributed by atoms with Gasteiger partial charge in [0.25, 0.3) is 0 Å². The Kier molecular flexibility index (Phi) is 11.6. The van der Waals surface area contributed by atoms with Crippen LogP contribution in [0.3, 0.4) is 0 Å². The summed E-state index contributed by atoms with van der Waals surface area (Å²) in [6.45, 7) is 14.0. The van der Waals surface area contributed by atoms with Crippen LogP contribution in [-0.2, 0) is 6.42 Å². The minimum atomic E-state index is 1.06. The molecule has 4 rings (SSSR count). The summed E-state index contributed by atoms with van der Waals surface area (Å²) in [4.78, 5) is 5.59. The van der Waals surface area contributed by atoms with Gasteiger partial charge in [-0.3, -0.25) is 0 Å². The van der Waals surface area contributed by atoms with Crippen LogP contribution in [0.2, 0.25) is 0 Å². The summed E-state index contributed by atoms with van der Waals surface area (Å²) in [5, 5.41) is 2.95. The van der Waals surface area contributed by atoms with Crippen LogP contribution in [0.5, 0.6) is 0 Å². The molecule has 0 N–H and O–H groups in total. The summed E-state index contributed by atoms with van der Waals surface area (Å²) in [7, 11) is 0. The van der Waals surface area contributed by atoms with E-state index in [2.05, 4.69) is 86.0 Å². The van der Waals surface area contributed by atoms with Crippen molar-refractivity contribution in [1.82, 2.24) is 0 Å². The first kappa shape index (κ1) is 29.5. The zero-order chi connectivity index (χ0) is 27.5. The molecular formula is C37H54N2. The van der Waals surface area contributed by atoms with Gasteiger partial charge in [-0.05, 0) is 65.8 Å². The molecule has 0 spiro atoms. The lowest BCUT2D eigenvalue weighted by Gasteiger charge is -2.35. The van der Waals surface area contributed by atoms with Crippen molar-refractivity contribution in [2.24, 2.45) is 0 Å². The topological polar surface area (TPSA) is 6.48 Å². The molecule has 0 unspecified atom stereocenters. The summed E-state index contributed by atoms with van der Waals surface area (Å²) in [5.74, 6) is 0. The van der Waals surface area contributed by atoms with E-state index in [0.29, 0.717) is 0 Å². The zero-order valence-electron chi connectivity index (χ0n) is 25.5. The monoisotopic (exact) mass is 526 g/mol. The minimum Gasteiger partial charge on any atom is -0.370 e. The SMILES string of the molecule is CCCCCN(CCCCC)c1ccc2ccc3c(c2c1N(CCCCC)CCCCC)Cc1ccccc1-3. The van der Waals surface area contributed by atoms with Crippen molar-refractivity contribution in [2.75, 3.05) is 36.0 Å². The van der Waals surface area contributed by atoms with Crippen molar-refractivity contribution in [3.05, 3.63) is 59.7 Å². The molecule has 0 aromatic heterocycles. The second kappa shape index (κ2) is 15.3. The van der Waals surface area contributed by atoms with Crippen LogP contribution in [0.4, 0.5) is 11.4 Å². The Bertz CT molecular complexity index is 1140. The maximum Gasteiger partial charge on any atom is 0.0686 e. The van der Waals surface area contributed by atoms with Crippen LogP contribution >= 0.6 is 0 Å². The Balaban J connectivity index is 1.88. The molecule has 3 aromatic rings. The lowest BCUT2D eigenvalue weighted by Crippen LogP contribution is -2.32. The first-order valence-corrected chi connectivity index (χ1v) is 16.4. The van der Waals surface area contributed by atoms with Gasteiger partial charge in [0.05, 0.1) is 11.4 Å². The highest BCUT2D eigenvalue weighted by molar-refractivity contribution is 6.07. The quantitative estimate of drug-likeness (QED) is 0.119. The fourth-order valence-corrected chi connectivity index (χ4v) is 6.50. The molecule has 0 radical (unpaired) electrons. The summed E-state index contributed by atoms with van der Waals surface area (Å²) >= 11 is 0. The summed E-state index contributed by atoms with van der Waals surface area (Å²) in [6.07, 6.45) is 16.5. The molecule has 39 heavy (non-hydrogen) atoms. The van der Waals surface area contributed by atoms with E-state index in [4.69, 9.17) is 0 Å². The standard InChI is InChI=1S/C37H54N2/c1-5-9-15-25-38(26-16-10-6-2)35-24-22-30-21-23-33-32-20-14-13-19-31(32)29-34(33)36(30)37(35)39(27-17-11-7-3)28-18-12-8-4/h13-14,19-24H,5-12,15-18,25-29H2,1-4H3. The number of hydrogen-bond acceptors (Lipinski definition) is 2. The number of unbranched alkanes of at least 4 members (excludes halogenated alkanes) is 8. The van der Waals surface area contributed by atoms with E-state index >= 15 is 0 Å². The molecule has 1 aliphatic carbocycles. The normalized spacial score (nSPS) is 12.1. The van der Waals surface area contributed by atoms with E-state index in [0.717, 1.165) is 19.5 Å². The average Bonchev–Trinajstić information content (AvgIpc) is 3.34. The second-order valence-corrected chi connectivity index (χ2v) is 11.8. The van der Waals surface area contributed by atoms with Gasteiger partial charge in [0, 0.05) is 31.6 Å². The van der Waals surface area contributed by atoms with E-state index < -0.39 is 0 Å². The highest BCUT2D eigenvalue weighted by Crippen LogP contribution is 2.46. The van der Waals surface area contributed by atoms with E-state index in [-0.39, 0.29) is 0 Å². The van der Waals surface area contributed by atoms with Crippen LogP contribution in [0.15, 0.2) is 48.5 Å². The Morgan fingerprint density at radius 1 is 0.538 bits per heavy atom. The van der Waals surface area contributed by atoms with Crippen molar-refractivity contribution in [2.45, 2.75) is 111 Å². The number of anilines is 2. The fourth-order valence-electron chi connectivity index (χ4n) is 6.50. The molecule has 212 valence electrons. The summed E-state index contributed by atoms with van der Waals surface area (Å²) in [5.41, 5.74) is 8.98. The molecule has 0 saturated carbocycles.